The van der Waals surface area contributed by atoms with Gasteiger partial charge < -0.3 is 14.0 Å². The number of ether oxygens (including phenoxy) is 2. The van der Waals surface area contributed by atoms with Crippen LogP contribution < -0.4 is 0 Å². The summed E-state index contributed by atoms with van der Waals surface area (Å²) in [6.07, 6.45) is 1.79. The molecule has 33 heavy (non-hydrogen) atoms. The number of aromatic nitrogens is 5. The van der Waals surface area contributed by atoms with E-state index in [0.29, 0.717) is 47.2 Å². The van der Waals surface area contributed by atoms with E-state index in [1.807, 2.05) is 51.6 Å². The molecule has 4 heterocycles. The summed E-state index contributed by atoms with van der Waals surface area (Å²) in [6.45, 7) is 1.27. The first-order valence-electron chi connectivity index (χ1n) is 10.4. The van der Waals surface area contributed by atoms with Crippen molar-refractivity contribution in [3.63, 3.8) is 0 Å². The van der Waals surface area contributed by atoms with Gasteiger partial charge >= 0.3 is 0 Å². The molecule has 2 aliphatic heterocycles. The van der Waals surface area contributed by atoms with Crippen LogP contribution >= 0.6 is 23.2 Å². The summed E-state index contributed by atoms with van der Waals surface area (Å²) >= 11 is 12.4. The van der Waals surface area contributed by atoms with Crippen molar-refractivity contribution in [2.45, 2.75) is 19.2 Å². The Bertz CT molecular complexity index is 1390. The van der Waals surface area contributed by atoms with Crippen LogP contribution in [0.4, 0.5) is 0 Å². The van der Waals surface area contributed by atoms with Gasteiger partial charge in [0.1, 0.15) is 31.3 Å². The van der Waals surface area contributed by atoms with Gasteiger partial charge in [-0.1, -0.05) is 35.3 Å². The van der Waals surface area contributed by atoms with E-state index in [0.717, 1.165) is 28.3 Å². The molecule has 4 aromatic rings. The molecule has 2 aliphatic rings. The number of hydrogen-bond donors (Lipinski definition) is 0. The largest absolute Gasteiger partial charge is 0.474 e. The fourth-order valence-electron chi connectivity index (χ4n) is 4.25. The molecule has 6 rings (SSSR count). The van der Waals surface area contributed by atoms with E-state index in [2.05, 4.69) is 15.2 Å². The summed E-state index contributed by atoms with van der Waals surface area (Å²) in [6, 6.07) is 13.3. The predicted molar refractivity (Wildman–Crippen MR) is 124 cm³/mol. The van der Waals surface area contributed by atoms with Crippen LogP contribution in [-0.4, -0.2) is 43.9 Å². The van der Waals surface area contributed by atoms with Crippen LogP contribution in [0.1, 0.15) is 28.8 Å². The SMILES string of the molecule is COCc1nnc2n1Cc1c(C3=NC(c4ccc(Cl)cc4)CO3)ncn1-c1ccc(Cl)cc1-2. The van der Waals surface area contributed by atoms with Crippen molar-refractivity contribution in [1.29, 1.82) is 0 Å². The van der Waals surface area contributed by atoms with Crippen molar-refractivity contribution in [3.8, 4) is 17.1 Å². The molecule has 0 amide bonds. The Hall–Kier alpha value is -3.20. The van der Waals surface area contributed by atoms with Crippen LogP contribution in [0.25, 0.3) is 17.1 Å². The normalized spacial score (nSPS) is 16.5. The maximum Gasteiger partial charge on any atom is 0.238 e. The summed E-state index contributed by atoms with van der Waals surface area (Å²) in [5.74, 6) is 1.96. The quantitative estimate of drug-likeness (QED) is 0.379. The standard InChI is InChI=1S/C23H18Cl2N6O2/c1-32-11-20-28-29-22-16-8-15(25)6-7-18(16)31-12-26-21(19(31)9-30(20)22)23-27-17(10-33-23)13-2-4-14(24)5-3-13/h2-8,12,17H,9-11H2,1H3. The van der Waals surface area contributed by atoms with Crippen LogP contribution in [0.3, 0.4) is 0 Å². The third-order valence-corrected chi connectivity index (χ3v) is 6.33. The summed E-state index contributed by atoms with van der Waals surface area (Å²) in [4.78, 5) is 9.52. The number of benzene rings is 2. The van der Waals surface area contributed by atoms with Gasteiger partial charge in [-0.05, 0) is 35.9 Å². The van der Waals surface area contributed by atoms with Crippen LogP contribution in [-0.2, 0) is 22.6 Å². The van der Waals surface area contributed by atoms with E-state index in [-0.39, 0.29) is 6.04 Å². The topological polar surface area (TPSA) is 79.3 Å². The highest BCUT2D eigenvalue weighted by Crippen LogP contribution is 2.35. The number of aliphatic imine (C=N–C) groups is 1. The molecule has 8 nitrogen and oxygen atoms in total. The number of fused-ring (bicyclic) bond motifs is 5. The van der Waals surface area contributed by atoms with Gasteiger partial charge in [0.05, 0.1) is 17.9 Å². The van der Waals surface area contributed by atoms with Crippen molar-refractivity contribution in [2.75, 3.05) is 13.7 Å². The zero-order valence-corrected chi connectivity index (χ0v) is 19.1. The van der Waals surface area contributed by atoms with Gasteiger partial charge in [-0.15, -0.1) is 10.2 Å². The molecule has 0 bridgehead atoms. The van der Waals surface area contributed by atoms with Crippen molar-refractivity contribution < 1.29 is 9.47 Å². The average molecular weight is 481 g/mol. The van der Waals surface area contributed by atoms with E-state index >= 15 is 0 Å². The number of hydrogen-bond acceptors (Lipinski definition) is 6. The van der Waals surface area contributed by atoms with Crippen molar-refractivity contribution in [2.24, 2.45) is 4.99 Å². The van der Waals surface area contributed by atoms with E-state index in [1.54, 1.807) is 13.4 Å². The van der Waals surface area contributed by atoms with E-state index in [9.17, 15) is 0 Å². The lowest BCUT2D eigenvalue weighted by molar-refractivity contribution is 0.174. The number of imidazole rings is 1. The highest BCUT2D eigenvalue weighted by atomic mass is 35.5. The molecule has 0 aliphatic carbocycles. The number of halogens is 2. The molecular weight excluding hydrogens is 463 g/mol. The predicted octanol–water partition coefficient (Wildman–Crippen LogP) is 4.46. The van der Waals surface area contributed by atoms with Crippen LogP contribution in [0, 0.1) is 0 Å². The van der Waals surface area contributed by atoms with E-state index in [4.69, 9.17) is 37.7 Å². The maximum absolute atomic E-state index is 6.33. The maximum atomic E-state index is 6.33. The van der Waals surface area contributed by atoms with Gasteiger partial charge in [0.2, 0.25) is 5.90 Å². The summed E-state index contributed by atoms with van der Waals surface area (Å²) < 4.78 is 15.4. The fourth-order valence-corrected chi connectivity index (χ4v) is 4.55. The zero-order chi connectivity index (χ0) is 22.5. The lowest BCUT2D eigenvalue weighted by atomic mass is 10.1. The molecule has 166 valence electrons. The Morgan fingerprint density at radius 2 is 1.91 bits per heavy atom. The molecule has 0 saturated carbocycles. The summed E-state index contributed by atoms with van der Waals surface area (Å²) in [7, 11) is 1.64. The summed E-state index contributed by atoms with van der Waals surface area (Å²) in [5.41, 5.74) is 4.44. The van der Waals surface area contributed by atoms with Gasteiger partial charge in [0.25, 0.3) is 0 Å². The highest BCUT2D eigenvalue weighted by Gasteiger charge is 2.30. The van der Waals surface area contributed by atoms with Gasteiger partial charge in [0, 0.05) is 22.7 Å². The van der Waals surface area contributed by atoms with Crippen molar-refractivity contribution in [3.05, 3.63) is 81.6 Å². The first-order valence-corrected chi connectivity index (χ1v) is 11.1. The smallest absolute Gasteiger partial charge is 0.238 e. The molecule has 0 N–H and O–H groups in total. The Morgan fingerprint density at radius 1 is 1.09 bits per heavy atom. The van der Waals surface area contributed by atoms with E-state index < -0.39 is 0 Å². The Morgan fingerprint density at radius 3 is 2.73 bits per heavy atom. The second-order valence-electron chi connectivity index (χ2n) is 7.84. The first kappa shape index (κ1) is 20.4. The van der Waals surface area contributed by atoms with Gasteiger partial charge in [-0.25, -0.2) is 9.98 Å². The lowest BCUT2D eigenvalue weighted by Crippen LogP contribution is -2.13. The minimum Gasteiger partial charge on any atom is -0.474 e. The molecule has 10 heteroatoms. The fraction of sp³-hybridized carbons (Fsp3) is 0.217. The third kappa shape index (κ3) is 3.42. The zero-order valence-electron chi connectivity index (χ0n) is 17.6. The molecule has 2 aromatic carbocycles. The second kappa shape index (κ2) is 7.98. The minimum atomic E-state index is -0.110. The Balaban J connectivity index is 1.47. The number of nitrogens with zero attached hydrogens (tertiary/aromatic N) is 6. The number of rotatable bonds is 4. The monoisotopic (exact) mass is 480 g/mol. The van der Waals surface area contributed by atoms with Crippen LogP contribution in [0.2, 0.25) is 10.0 Å². The first-order chi connectivity index (χ1) is 16.1. The molecule has 0 radical (unpaired) electrons. The van der Waals surface area contributed by atoms with Gasteiger partial charge in [0.15, 0.2) is 11.6 Å². The molecule has 1 atom stereocenters. The summed E-state index contributed by atoms with van der Waals surface area (Å²) in [5, 5.41) is 10.1. The highest BCUT2D eigenvalue weighted by molar-refractivity contribution is 6.31. The molecule has 0 saturated heterocycles. The van der Waals surface area contributed by atoms with Crippen LogP contribution in [0.15, 0.2) is 53.8 Å². The van der Waals surface area contributed by atoms with Gasteiger partial charge in [-0.2, -0.15) is 0 Å². The third-order valence-electron chi connectivity index (χ3n) is 5.84. The number of methoxy groups -OCH3 is 1. The lowest BCUT2D eigenvalue weighted by Gasteiger charge is -2.09. The van der Waals surface area contributed by atoms with Crippen LogP contribution in [0.5, 0.6) is 0 Å². The molecule has 2 aromatic heterocycles. The molecular formula is C23H18Cl2N6O2. The Kier molecular flexibility index (Phi) is 4.94. The van der Waals surface area contributed by atoms with E-state index in [1.165, 1.54) is 0 Å². The average Bonchev–Trinajstić information content (AvgIpc) is 3.53. The molecule has 0 spiro atoms. The Labute approximate surface area is 199 Å². The molecule has 0 fully saturated rings. The minimum absolute atomic E-state index is 0.110. The van der Waals surface area contributed by atoms with Crippen molar-refractivity contribution in [1.82, 2.24) is 24.3 Å². The second-order valence-corrected chi connectivity index (χ2v) is 8.72. The van der Waals surface area contributed by atoms with Crippen molar-refractivity contribution >= 4 is 29.1 Å². The van der Waals surface area contributed by atoms with Gasteiger partial charge in [-0.3, -0.25) is 4.57 Å². The molecule has 1 unspecified atom stereocenters.